The van der Waals surface area contributed by atoms with Gasteiger partial charge in [0.1, 0.15) is 15.1 Å². The highest BCUT2D eigenvalue weighted by Crippen LogP contribution is 2.57. The molecule has 1 fully saturated rings. The van der Waals surface area contributed by atoms with E-state index in [1.165, 1.54) is 23.1 Å². The van der Waals surface area contributed by atoms with E-state index in [-0.39, 0.29) is 10.1 Å². The van der Waals surface area contributed by atoms with Crippen LogP contribution in [0.2, 0.25) is 0 Å². The first-order valence-electron chi connectivity index (χ1n) is 11.9. The van der Waals surface area contributed by atoms with Crippen molar-refractivity contribution in [3.05, 3.63) is 126 Å². The van der Waals surface area contributed by atoms with Crippen LogP contribution in [0.4, 0.5) is 0 Å². The second kappa shape index (κ2) is 11.2. The van der Waals surface area contributed by atoms with Gasteiger partial charge in [-0.2, -0.15) is 0 Å². The van der Waals surface area contributed by atoms with Crippen LogP contribution in [0.5, 0.6) is 0 Å². The van der Waals surface area contributed by atoms with Crippen molar-refractivity contribution in [2.24, 2.45) is 0 Å². The maximum atomic E-state index is 13.6. The van der Waals surface area contributed by atoms with Crippen LogP contribution in [0.25, 0.3) is 11.1 Å². The summed E-state index contributed by atoms with van der Waals surface area (Å²) in [6.07, 6.45) is 1.19. The molecule has 5 rings (SSSR count). The van der Waals surface area contributed by atoms with Gasteiger partial charge in [-0.15, -0.1) is 23.5 Å². The molecule has 0 radical (unpaired) electrons. The fourth-order valence-electron chi connectivity index (χ4n) is 4.42. The average Bonchev–Trinajstić information content (AvgIpc) is 2.93. The molecule has 0 aliphatic carbocycles. The van der Waals surface area contributed by atoms with E-state index in [1.807, 2.05) is 53.9 Å². The van der Waals surface area contributed by atoms with E-state index >= 15 is 0 Å². The molecule has 4 aromatic rings. The number of thioether (sulfide) groups is 2. The van der Waals surface area contributed by atoms with Crippen LogP contribution in [0.3, 0.4) is 0 Å². The van der Waals surface area contributed by atoms with Crippen LogP contribution in [0.1, 0.15) is 29.2 Å². The molecule has 4 aromatic carbocycles. The van der Waals surface area contributed by atoms with E-state index in [2.05, 4.69) is 90.5 Å². The van der Waals surface area contributed by atoms with Gasteiger partial charge in [-0.3, -0.25) is 0 Å². The van der Waals surface area contributed by atoms with E-state index in [0.29, 0.717) is 0 Å². The molecule has 1 heterocycles. The third-order valence-corrected chi connectivity index (χ3v) is 10.9. The largest absolute Gasteiger partial charge is 0.237 e. The van der Waals surface area contributed by atoms with Crippen molar-refractivity contribution in [2.75, 3.05) is 11.5 Å². The third kappa shape index (κ3) is 5.44. The van der Waals surface area contributed by atoms with Crippen LogP contribution in [-0.4, -0.2) is 15.7 Å². The number of nitrogens with one attached hydrogen (secondary N) is 1. The normalized spacial score (nSPS) is 16.9. The average molecular weight is 516 g/mol. The Hall–Kier alpha value is -2.31. The highest BCUT2D eigenvalue weighted by atomic mass is 32.2. The number of benzene rings is 4. The van der Waals surface area contributed by atoms with Gasteiger partial charge in [-0.1, -0.05) is 103 Å². The van der Waals surface area contributed by atoms with Gasteiger partial charge in [-0.05, 0) is 59.2 Å². The second-order valence-electron chi connectivity index (χ2n) is 8.70. The van der Waals surface area contributed by atoms with E-state index in [4.69, 9.17) is 0 Å². The van der Waals surface area contributed by atoms with Gasteiger partial charge in [0.05, 0.1) is 10.9 Å². The molecule has 0 amide bonds. The molecule has 0 saturated carbocycles. The number of aryl methyl sites for hydroxylation is 1. The fraction of sp³-hybridized carbons (Fsp3) is 0.200. The summed E-state index contributed by atoms with van der Waals surface area (Å²) < 4.78 is 16.9. The summed E-state index contributed by atoms with van der Waals surface area (Å²) in [5.74, 6) is 2.17. The van der Waals surface area contributed by atoms with Crippen molar-refractivity contribution < 1.29 is 4.21 Å². The quantitative estimate of drug-likeness (QED) is 0.273. The molecule has 0 aromatic heterocycles. The van der Waals surface area contributed by atoms with Crippen molar-refractivity contribution >= 4 is 34.5 Å². The van der Waals surface area contributed by atoms with E-state index < -0.39 is 11.0 Å². The lowest BCUT2D eigenvalue weighted by Crippen LogP contribution is -2.40. The molecule has 35 heavy (non-hydrogen) atoms. The second-order valence-corrected chi connectivity index (χ2v) is 12.9. The lowest BCUT2D eigenvalue weighted by atomic mass is 9.96. The van der Waals surface area contributed by atoms with Gasteiger partial charge in [0.2, 0.25) is 0 Å². The molecule has 1 aliphatic heterocycles. The van der Waals surface area contributed by atoms with Gasteiger partial charge < -0.3 is 0 Å². The smallest absolute Gasteiger partial charge is 0.125 e. The highest BCUT2D eigenvalue weighted by molar-refractivity contribution is 8.18. The van der Waals surface area contributed by atoms with Crippen molar-refractivity contribution in [3.63, 3.8) is 0 Å². The van der Waals surface area contributed by atoms with Crippen LogP contribution < -0.4 is 4.72 Å². The molecule has 1 saturated heterocycles. The summed E-state index contributed by atoms with van der Waals surface area (Å²) in [7, 11) is -1.34. The summed E-state index contributed by atoms with van der Waals surface area (Å²) in [5, 5.41) is 0. The standard InChI is InChI=1S/C30H29NOS3/c1-23-13-19-28(20-14-23)35(32)31-29(26-17-15-25(16-18-26)24-9-4-2-5-10-24)30(33-21-8-22-34-30)27-11-6-3-7-12-27/h2-7,9-20,29,31H,8,21-22H2,1H3/t29-,35-/m0/s1. The Balaban J connectivity index is 1.57. The van der Waals surface area contributed by atoms with Crippen molar-refractivity contribution in [1.82, 2.24) is 4.72 Å². The summed E-state index contributed by atoms with van der Waals surface area (Å²) >= 11 is 3.95. The van der Waals surface area contributed by atoms with Crippen LogP contribution in [0, 0.1) is 6.92 Å². The zero-order chi connectivity index (χ0) is 24.1. The lowest BCUT2D eigenvalue weighted by molar-refractivity contribution is 0.589. The minimum atomic E-state index is -1.34. The summed E-state index contributed by atoms with van der Waals surface area (Å²) in [6, 6.07) is 37.8. The molecule has 178 valence electrons. The Bertz CT molecular complexity index is 1250. The predicted molar refractivity (Wildman–Crippen MR) is 153 cm³/mol. The lowest BCUT2D eigenvalue weighted by Gasteiger charge is -2.43. The monoisotopic (exact) mass is 515 g/mol. The summed E-state index contributed by atoms with van der Waals surface area (Å²) in [5.41, 5.74) is 5.96. The summed E-state index contributed by atoms with van der Waals surface area (Å²) in [4.78, 5) is 0.801. The molecular weight excluding hydrogens is 487 g/mol. The first kappa shape index (κ1) is 24.4. The number of hydrogen-bond donors (Lipinski definition) is 1. The van der Waals surface area contributed by atoms with Crippen molar-refractivity contribution in [1.29, 1.82) is 0 Å². The van der Waals surface area contributed by atoms with E-state index in [1.54, 1.807) is 0 Å². The van der Waals surface area contributed by atoms with E-state index in [9.17, 15) is 4.21 Å². The van der Waals surface area contributed by atoms with Gasteiger partial charge in [0.25, 0.3) is 0 Å². The Morgan fingerprint density at radius 3 is 1.94 bits per heavy atom. The Morgan fingerprint density at radius 1 is 0.743 bits per heavy atom. The van der Waals surface area contributed by atoms with Crippen LogP contribution in [-0.2, 0) is 15.1 Å². The topological polar surface area (TPSA) is 29.1 Å². The SMILES string of the molecule is Cc1ccc([S@](=O)N[C@@H](c2ccc(-c3ccccc3)cc2)C2(c3ccccc3)SCCCS2)cc1. The first-order chi connectivity index (χ1) is 17.2. The highest BCUT2D eigenvalue weighted by Gasteiger charge is 2.44. The zero-order valence-electron chi connectivity index (χ0n) is 19.7. The Kier molecular flexibility index (Phi) is 7.78. The van der Waals surface area contributed by atoms with Gasteiger partial charge in [-0.25, -0.2) is 8.93 Å². The van der Waals surface area contributed by atoms with Crippen LogP contribution >= 0.6 is 23.5 Å². The number of rotatable bonds is 7. The molecule has 2 nitrogen and oxygen atoms in total. The molecule has 5 heteroatoms. The predicted octanol–water partition coefficient (Wildman–Crippen LogP) is 7.74. The van der Waals surface area contributed by atoms with E-state index in [0.717, 1.165) is 27.5 Å². The molecule has 0 bridgehead atoms. The third-order valence-electron chi connectivity index (χ3n) is 6.29. The molecule has 1 aliphatic rings. The number of hydrogen-bond acceptors (Lipinski definition) is 3. The molecular formula is C30H29NOS3. The molecule has 1 N–H and O–H groups in total. The minimum Gasteiger partial charge on any atom is -0.237 e. The molecule has 0 spiro atoms. The maximum absolute atomic E-state index is 13.6. The molecule has 0 unspecified atom stereocenters. The summed E-state index contributed by atoms with van der Waals surface area (Å²) in [6.45, 7) is 2.05. The van der Waals surface area contributed by atoms with Crippen LogP contribution in [0.15, 0.2) is 114 Å². The van der Waals surface area contributed by atoms with Crippen molar-refractivity contribution in [3.8, 4) is 11.1 Å². The van der Waals surface area contributed by atoms with Crippen molar-refractivity contribution in [2.45, 2.75) is 28.4 Å². The fourth-order valence-corrected chi connectivity index (χ4v) is 9.14. The molecule has 2 atom stereocenters. The Morgan fingerprint density at radius 2 is 1.31 bits per heavy atom. The first-order valence-corrected chi connectivity index (χ1v) is 15.0. The van der Waals surface area contributed by atoms with Gasteiger partial charge >= 0.3 is 0 Å². The van der Waals surface area contributed by atoms with Gasteiger partial charge in [0, 0.05) is 0 Å². The van der Waals surface area contributed by atoms with Gasteiger partial charge in [0.15, 0.2) is 0 Å². The Labute approximate surface area is 219 Å². The zero-order valence-corrected chi connectivity index (χ0v) is 22.2. The maximum Gasteiger partial charge on any atom is 0.125 e. The minimum absolute atomic E-state index is 0.132.